The highest BCUT2D eigenvalue weighted by Crippen LogP contribution is 2.17. The molecule has 4 nitrogen and oxygen atoms in total. The molecule has 0 saturated carbocycles. The maximum Gasteiger partial charge on any atom is 0.250 e. The quantitative estimate of drug-likeness (QED) is 0.920. The zero-order valence-corrected chi connectivity index (χ0v) is 13.1. The van der Waals surface area contributed by atoms with Crippen molar-refractivity contribution in [3.05, 3.63) is 47.4 Å². The summed E-state index contributed by atoms with van der Waals surface area (Å²) in [6.45, 7) is 3.93. The van der Waals surface area contributed by atoms with Gasteiger partial charge in [0.1, 0.15) is 5.82 Å². The van der Waals surface area contributed by atoms with Gasteiger partial charge in [0.2, 0.25) is 0 Å². The topological polar surface area (TPSA) is 51.0 Å². The number of aromatic nitrogens is 2. The molecule has 1 N–H and O–H groups in total. The van der Waals surface area contributed by atoms with Gasteiger partial charge in [0.25, 0.3) is 5.89 Å². The molecule has 0 radical (unpaired) electrons. The van der Waals surface area contributed by atoms with Crippen LogP contribution in [0, 0.1) is 5.82 Å². The maximum absolute atomic E-state index is 13.2. The van der Waals surface area contributed by atoms with Gasteiger partial charge in [0.15, 0.2) is 5.82 Å². The van der Waals surface area contributed by atoms with Gasteiger partial charge >= 0.3 is 0 Å². The van der Waals surface area contributed by atoms with Crippen molar-refractivity contribution >= 4 is 24.1 Å². The lowest BCUT2D eigenvalue weighted by Crippen LogP contribution is -2.24. The average Bonchev–Trinajstić information content (AvgIpc) is 2.85. The molecule has 0 spiro atoms. The minimum atomic E-state index is -0.260. The molecule has 1 atom stereocenters. The zero-order chi connectivity index (χ0) is 14.5. The van der Waals surface area contributed by atoms with Crippen LogP contribution in [-0.4, -0.2) is 23.2 Å². The highest BCUT2D eigenvalue weighted by molar-refractivity contribution is 5.85. The standard InChI is InChI=1S/C15H18FN3O.ClH/c1-10(12-5-4-6-13(16)9-12)7-15-18-14(19-20-15)8-11(2)17-3;/h4-7,9,11,17H,8H2,1-3H3;1H/b10-7-;. The van der Waals surface area contributed by atoms with Crippen molar-refractivity contribution in [3.8, 4) is 0 Å². The molecule has 114 valence electrons. The first-order chi connectivity index (χ1) is 9.58. The number of likely N-dealkylation sites (N-methyl/N-ethyl adjacent to an activating group) is 1. The summed E-state index contributed by atoms with van der Waals surface area (Å²) in [6, 6.07) is 6.70. The van der Waals surface area contributed by atoms with E-state index in [1.165, 1.54) is 12.1 Å². The SMILES string of the molecule is CNC(C)Cc1noc(/C=C(/C)c2cccc(F)c2)n1.Cl. The molecule has 6 heteroatoms. The summed E-state index contributed by atoms with van der Waals surface area (Å²) in [5, 5.41) is 7.04. The van der Waals surface area contributed by atoms with Gasteiger partial charge in [-0.3, -0.25) is 0 Å². The summed E-state index contributed by atoms with van der Waals surface area (Å²) in [5.41, 5.74) is 1.68. The van der Waals surface area contributed by atoms with E-state index < -0.39 is 0 Å². The highest BCUT2D eigenvalue weighted by atomic mass is 35.5. The van der Waals surface area contributed by atoms with Crippen LogP contribution in [0.2, 0.25) is 0 Å². The summed E-state index contributed by atoms with van der Waals surface area (Å²) in [5.74, 6) is 0.833. The average molecular weight is 312 g/mol. The van der Waals surface area contributed by atoms with Gasteiger partial charge in [0, 0.05) is 18.5 Å². The van der Waals surface area contributed by atoms with Crippen molar-refractivity contribution in [1.29, 1.82) is 0 Å². The smallest absolute Gasteiger partial charge is 0.250 e. The molecular formula is C15H19ClFN3O. The molecule has 2 aromatic rings. The molecule has 1 aromatic carbocycles. The van der Waals surface area contributed by atoms with E-state index in [9.17, 15) is 4.39 Å². The number of halogens is 2. The molecule has 0 aliphatic rings. The Balaban J connectivity index is 0.00000220. The van der Waals surface area contributed by atoms with E-state index in [1.807, 2.05) is 27.0 Å². The third-order valence-corrected chi connectivity index (χ3v) is 3.09. The van der Waals surface area contributed by atoms with Gasteiger partial charge in [-0.15, -0.1) is 12.4 Å². The van der Waals surface area contributed by atoms with E-state index in [0.29, 0.717) is 18.1 Å². The van der Waals surface area contributed by atoms with Crippen LogP contribution in [0.15, 0.2) is 28.8 Å². The lowest BCUT2D eigenvalue weighted by atomic mass is 10.1. The van der Waals surface area contributed by atoms with Crippen LogP contribution in [0.3, 0.4) is 0 Å². The van der Waals surface area contributed by atoms with Gasteiger partial charge in [-0.1, -0.05) is 17.3 Å². The summed E-state index contributed by atoms with van der Waals surface area (Å²) in [7, 11) is 1.89. The van der Waals surface area contributed by atoms with E-state index in [0.717, 1.165) is 11.1 Å². The fourth-order valence-corrected chi connectivity index (χ4v) is 1.79. The van der Waals surface area contributed by atoms with Crippen molar-refractivity contribution < 1.29 is 8.91 Å². The van der Waals surface area contributed by atoms with Crippen LogP contribution in [0.4, 0.5) is 4.39 Å². The van der Waals surface area contributed by atoms with Crippen LogP contribution >= 0.6 is 12.4 Å². The Morgan fingerprint density at radius 1 is 1.48 bits per heavy atom. The first kappa shape index (κ1) is 17.3. The minimum Gasteiger partial charge on any atom is -0.335 e. The Bertz CT molecular complexity index is 612. The molecule has 1 unspecified atom stereocenters. The van der Waals surface area contributed by atoms with Crippen LogP contribution < -0.4 is 5.32 Å². The normalized spacial score (nSPS) is 12.9. The van der Waals surface area contributed by atoms with Crippen molar-refractivity contribution in [1.82, 2.24) is 15.5 Å². The first-order valence-electron chi connectivity index (χ1n) is 6.52. The highest BCUT2D eigenvalue weighted by Gasteiger charge is 2.08. The summed E-state index contributed by atoms with van der Waals surface area (Å²) < 4.78 is 18.3. The molecule has 2 rings (SSSR count). The largest absolute Gasteiger partial charge is 0.335 e. The molecule has 0 aliphatic heterocycles. The number of nitrogens with one attached hydrogen (secondary N) is 1. The van der Waals surface area contributed by atoms with E-state index in [1.54, 1.807) is 12.1 Å². The Hall–Kier alpha value is -1.72. The molecule has 1 heterocycles. The van der Waals surface area contributed by atoms with E-state index in [4.69, 9.17) is 4.52 Å². The molecular weight excluding hydrogens is 293 g/mol. The number of benzene rings is 1. The Morgan fingerprint density at radius 3 is 2.90 bits per heavy atom. The van der Waals surface area contributed by atoms with Gasteiger partial charge in [-0.25, -0.2) is 4.39 Å². The molecule has 0 saturated heterocycles. The van der Waals surface area contributed by atoms with Crippen LogP contribution in [0.1, 0.15) is 31.1 Å². The van der Waals surface area contributed by atoms with Gasteiger partial charge < -0.3 is 9.84 Å². The third-order valence-electron chi connectivity index (χ3n) is 3.09. The van der Waals surface area contributed by atoms with Gasteiger partial charge in [0.05, 0.1) is 0 Å². The summed E-state index contributed by atoms with van der Waals surface area (Å²) >= 11 is 0. The fourth-order valence-electron chi connectivity index (χ4n) is 1.79. The van der Waals surface area contributed by atoms with E-state index in [2.05, 4.69) is 15.5 Å². The predicted molar refractivity (Wildman–Crippen MR) is 83.7 cm³/mol. The Labute approximate surface area is 129 Å². The number of hydrogen-bond donors (Lipinski definition) is 1. The fraction of sp³-hybridized carbons (Fsp3) is 0.333. The first-order valence-corrected chi connectivity index (χ1v) is 6.52. The Morgan fingerprint density at radius 2 is 2.24 bits per heavy atom. The number of nitrogens with zero attached hydrogens (tertiary/aromatic N) is 2. The monoisotopic (exact) mass is 311 g/mol. The molecule has 1 aromatic heterocycles. The Kier molecular flexibility index (Phi) is 6.52. The van der Waals surface area contributed by atoms with Crippen LogP contribution in [0.5, 0.6) is 0 Å². The molecule has 0 amide bonds. The van der Waals surface area contributed by atoms with Crippen molar-refractivity contribution in [2.24, 2.45) is 0 Å². The summed E-state index contributed by atoms with van der Waals surface area (Å²) in [6.07, 6.45) is 2.46. The minimum absolute atomic E-state index is 0. The molecule has 0 fully saturated rings. The van der Waals surface area contributed by atoms with E-state index >= 15 is 0 Å². The van der Waals surface area contributed by atoms with Gasteiger partial charge in [-0.2, -0.15) is 4.98 Å². The van der Waals surface area contributed by atoms with Crippen molar-refractivity contribution in [3.63, 3.8) is 0 Å². The number of hydrogen-bond acceptors (Lipinski definition) is 4. The van der Waals surface area contributed by atoms with Crippen LogP contribution in [0.25, 0.3) is 11.6 Å². The molecule has 21 heavy (non-hydrogen) atoms. The maximum atomic E-state index is 13.2. The lowest BCUT2D eigenvalue weighted by Gasteiger charge is -2.04. The molecule has 0 aliphatic carbocycles. The number of allylic oxidation sites excluding steroid dienone is 1. The van der Waals surface area contributed by atoms with Crippen molar-refractivity contribution in [2.45, 2.75) is 26.3 Å². The van der Waals surface area contributed by atoms with Gasteiger partial charge in [-0.05, 0) is 44.2 Å². The second kappa shape index (κ2) is 7.90. The number of rotatable bonds is 5. The van der Waals surface area contributed by atoms with Crippen LogP contribution in [-0.2, 0) is 6.42 Å². The molecule has 0 bridgehead atoms. The predicted octanol–water partition coefficient (Wildman–Crippen LogP) is 3.34. The second-order valence-corrected chi connectivity index (χ2v) is 4.78. The van der Waals surface area contributed by atoms with E-state index in [-0.39, 0.29) is 24.3 Å². The summed E-state index contributed by atoms with van der Waals surface area (Å²) in [4.78, 5) is 4.30. The third kappa shape index (κ3) is 4.95. The second-order valence-electron chi connectivity index (χ2n) is 4.78. The zero-order valence-electron chi connectivity index (χ0n) is 12.3. The van der Waals surface area contributed by atoms with Crippen molar-refractivity contribution in [2.75, 3.05) is 7.05 Å². The lowest BCUT2D eigenvalue weighted by molar-refractivity contribution is 0.400.